The van der Waals surface area contributed by atoms with E-state index in [1.54, 1.807) is 0 Å². The molecule has 2 rings (SSSR count). The minimum Gasteiger partial charge on any atom is -0.381 e. The van der Waals surface area contributed by atoms with Crippen LogP contribution in [0.4, 0.5) is 0 Å². The molecule has 2 N–H and O–H groups in total. The highest BCUT2D eigenvalue weighted by Gasteiger charge is 2.20. The summed E-state index contributed by atoms with van der Waals surface area (Å²) >= 11 is 0. The number of aryl methyl sites for hydroxylation is 1. The van der Waals surface area contributed by atoms with Gasteiger partial charge in [0, 0.05) is 33.0 Å². The summed E-state index contributed by atoms with van der Waals surface area (Å²) in [7, 11) is 1.95. The van der Waals surface area contributed by atoms with Gasteiger partial charge >= 0.3 is 0 Å². The van der Waals surface area contributed by atoms with Gasteiger partial charge in [0.1, 0.15) is 0 Å². The summed E-state index contributed by atoms with van der Waals surface area (Å²) in [6.45, 7) is 2.26. The maximum Gasteiger partial charge on any atom is 0.0794 e. The predicted octanol–water partition coefficient (Wildman–Crippen LogP) is 0.773. The normalized spacial score (nSPS) is 18.7. The molecule has 0 saturated carbocycles. The van der Waals surface area contributed by atoms with Gasteiger partial charge in [-0.1, -0.05) is 0 Å². The highest BCUT2D eigenvalue weighted by atomic mass is 16.5. The van der Waals surface area contributed by atoms with E-state index in [0.717, 1.165) is 31.7 Å². The van der Waals surface area contributed by atoms with Crippen LogP contribution < -0.4 is 5.73 Å². The van der Waals surface area contributed by atoms with Gasteiger partial charge in [0.15, 0.2) is 0 Å². The number of nitrogens with two attached hydrogens (primary N) is 1. The van der Waals surface area contributed by atoms with Crippen molar-refractivity contribution in [3.8, 4) is 0 Å². The molecule has 2 heterocycles. The molecular formula is C10H17N3O. The van der Waals surface area contributed by atoms with Crippen LogP contribution >= 0.6 is 0 Å². The Morgan fingerprint density at radius 3 is 2.93 bits per heavy atom. The van der Waals surface area contributed by atoms with Gasteiger partial charge in [-0.3, -0.25) is 4.68 Å². The number of rotatable bonds is 2. The zero-order valence-electron chi connectivity index (χ0n) is 8.57. The van der Waals surface area contributed by atoms with Crippen LogP contribution in [-0.4, -0.2) is 23.0 Å². The van der Waals surface area contributed by atoms with Crippen LogP contribution in [0.1, 0.15) is 30.0 Å². The first-order valence-corrected chi connectivity index (χ1v) is 5.11. The minimum atomic E-state index is 0.535. The standard InChI is InChI=1S/C10H17N3O/c1-13-7-9(10(6-11)12-13)8-2-4-14-5-3-8/h7-8H,2-6,11H2,1H3. The van der Waals surface area contributed by atoms with E-state index >= 15 is 0 Å². The van der Waals surface area contributed by atoms with Crippen molar-refractivity contribution in [3.63, 3.8) is 0 Å². The third kappa shape index (κ3) is 1.81. The van der Waals surface area contributed by atoms with E-state index in [2.05, 4.69) is 11.3 Å². The molecule has 1 fully saturated rings. The van der Waals surface area contributed by atoms with Gasteiger partial charge in [-0.2, -0.15) is 5.10 Å². The van der Waals surface area contributed by atoms with Gasteiger partial charge in [-0.05, 0) is 24.3 Å². The van der Waals surface area contributed by atoms with E-state index in [9.17, 15) is 0 Å². The molecule has 0 spiro atoms. The van der Waals surface area contributed by atoms with Crippen LogP contribution in [0, 0.1) is 0 Å². The zero-order valence-corrected chi connectivity index (χ0v) is 8.57. The lowest BCUT2D eigenvalue weighted by molar-refractivity contribution is 0.0851. The minimum absolute atomic E-state index is 0.535. The molecule has 1 aliphatic heterocycles. The quantitative estimate of drug-likeness (QED) is 0.758. The highest BCUT2D eigenvalue weighted by molar-refractivity contribution is 5.22. The summed E-state index contributed by atoms with van der Waals surface area (Å²) in [5.41, 5.74) is 8.02. The second-order valence-corrected chi connectivity index (χ2v) is 3.80. The molecular weight excluding hydrogens is 178 g/mol. The fraction of sp³-hybridized carbons (Fsp3) is 0.700. The molecule has 1 aliphatic rings. The van der Waals surface area contributed by atoms with Gasteiger partial charge in [0.05, 0.1) is 5.69 Å². The van der Waals surface area contributed by atoms with Crippen LogP contribution in [-0.2, 0) is 18.3 Å². The summed E-state index contributed by atoms with van der Waals surface area (Å²) in [6.07, 6.45) is 4.29. The van der Waals surface area contributed by atoms with Crippen molar-refractivity contribution in [1.29, 1.82) is 0 Å². The molecule has 1 aromatic heterocycles. The number of nitrogens with zero attached hydrogens (tertiary/aromatic N) is 2. The molecule has 4 nitrogen and oxygen atoms in total. The molecule has 1 saturated heterocycles. The second-order valence-electron chi connectivity index (χ2n) is 3.80. The maximum atomic E-state index is 5.66. The molecule has 0 amide bonds. The van der Waals surface area contributed by atoms with E-state index < -0.39 is 0 Å². The average Bonchev–Trinajstić information content (AvgIpc) is 2.61. The van der Waals surface area contributed by atoms with E-state index in [1.807, 2.05) is 11.7 Å². The first-order chi connectivity index (χ1) is 6.81. The van der Waals surface area contributed by atoms with Crippen molar-refractivity contribution in [2.75, 3.05) is 13.2 Å². The summed E-state index contributed by atoms with van der Waals surface area (Å²) in [5, 5.41) is 4.36. The summed E-state index contributed by atoms with van der Waals surface area (Å²) < 4.78 is 7.20. The highest BCUT2D eigenvalue weighted by Crippen LogP contribution is 2.28. The molecule has 0 radical (unpaired) electrons. The van der Waals surface area contributed by atoms with Gasteiger partial charge in [-0.25, -0.2) is 0 Å². The van der Waals surface area contributed by atoms with Crippen molar-refractivity contribution >= 4 is 0 Å². The fourth-order valence-electron chi connectivity index (χ4n) is 2.06. The Labute approximate surface area is 84.0 Å². The third-order valence-corrected chi connectivity index (χ3v) is 2.79. The maximum absolute atomic E-state index is 5.66. The monoisotopic (exact) mass is 195 g/mol. The molecule has 78 valence electrons. The lowest BCUT2D eigenvalue weighted by Gasteiger charge is -2.21. The van der Waals surface area contributed by atoms with Crippen molar-refractivity contribution < 1.29 is 4.74 Å². The molecule has 1 aromatic rings. The topological polar surface area (TPSA) is 53.1 Å². The molecule has 4 heteroatoms. The van der Waals surface area contributed by atoms with Crippen molar-refractivity contribution in [2.24, 2.45) is 12.8 Å². The van der Waals surface area contributed by atoms with Crippen molar-refractivity contribution in [2.45, 2.75) is 25.3 Å². The Morgan fingerprint density at radius 1 is 1.57 bits per heavy atom. The second kappa shape index (κ2) is 4.11. The Hall–Kier alpha value is -0.870. The van der Waals surface area contributed by atoms with Crippen LogP contribution in [0.2, 0.25) is 0 Å². The number of hydrogen-bond donors (Lipinski definition) is 1. The first-order valence-electron chi connectivity index (χ1n) is 5.11. The summed E-state index contributed by atoms with van der Waals surface area (Å²) in [5.74, 6) is 0.594. The molecule has 0 aliphatic carbocycles. The predicted molar refractivity (Wildman–Crippen MR) is 53.9 cm³/mol. The molecule has 0 bridgehead atoms. The van der Waals surface area contributed by atoms with Crippen LogP contribution in [0.15, 0.2) is 6.20 Å². The molecule has 0 aromatic carbocycles. The van der Waals surface area contributed by atoms with E-state index in [-0.39, 0.29) is 0 Å². The fourth-order valence-corrected chi connectivity index (χ4v) is 2.06. The van der Waals surface area contributed by atoms with Crippen molar-refractivity contribution in [3.05, 3.63) is 17.5 Å². The Kier molecular flexibility index (Phi) is 2.84. The summed E-state index contributed by atoms with van der Waals surface area (Å²) in [4.78, 5) is 0. The van der Waals surface area contributed by atoms with Crippen LogP contribution in [0.5, 0.6) is 0 Å². The number of aromatic nitrogens is 2. The molecule has 14 heavy (non-hydrogen) atoms. The smallest absolute Gasteiger partial charge is 0.0794 e. The van der Waals surface area contributed by atoms with E-state index in [4.69, 9.17) is 10.5 Å². The van der Waals surface area contributed by atoms with Gasteiger partial charge in [0.25, 0.3) is 0 Å². The first kappa shape index (κ1) is 9.68. The lowest BCUT2D eigenvalue weighted by Crippen LogP contribution is -2.15. The lowest BCUT2D eigenvalue weighted by atomic mass is 9.92. The summed E-state index contributed by atoms with van der Waals surface area (Å²) in [6, 6.07) is 0. The zero-order chi connectivity index (χ0) is 9.97. The molecule has 0 atom stereocenters. The molecule has 0 unspecified atom stereocenters. The largest absolute Gasteiger partial charge is 0.381 e. The Bertz CT molecular complexity index is 302. The Balaban J connectivity index is 2.20. The SMILES string of the molecule is Cn1cc(C2CCOCC2)c(CN)n1. The van der Waals surface area contributed by atoms with Gasteiger partial charge < -0.3 is 10.5 Å². The van der Waals surface area contributed by atoms with Crippen LogP contribution in [0.3, 0.4) is 0 Å². The Morgan fingerprint density at radius 2 is 2.29 bits per heavy atom. The average molecular weight is 195 g/mol. The van der Waals surface area contributed by atoms with Gasteiger partial charge in [0.2, 0.25) is 0 Å². The van der Waals surface area contributed by atoms with Gasteiger partial charge in [-0.15, -0.1) is 0 Å². The number of ether oxygens (including phenoxy) is 1. The number of hydrogen-bond acceptors (Lipinski definition) is 3. The van der Waals surface area contributed by atoms with E-state index in [1.165, 1.54) is 5.56 Å². The van der Waals surface area contributed by atoms with E-state index in [0.29, 0.717) is 12.5 Å². The van der Waals surface area contributed by atoms with Crippen LogP contribution in [0.25, 0.3) is 0 Å². The van der Waals surface area contributed by atoms with Crippen molar-refractivity contribution in [1.82, 2.24) is 9.78 Å². The third-order valence-electron chi connectivity index (χ3n) is 2.79.